The maximum absolute atomic E-state index is 10.7. The maximum atomic E-state index is 10.7. The standard InChI is InChI=1S/C17H22N4O4/c1-25-17-5-4-14-9-19(6-2-3-13(14)7-17)11-16(22)12-20-10-15(8-18-20)21(23)24/h4-5,7-8,10,16,22H,2-3,6,9,11-12H2,1H3/t16-/m0/s1. The lowest BCUT2D eigenvalue weighted by atomic mass is 10.0. The molecule has 0 saturated carbocycles. The van der Waals surface area contributed by atoms with Gasteiger partial charge in [0.25, 0.3) is 0 Å². The molecule has 2 aromatic rings. The van der Waals surface area contributed by atoms with Crippen molar-refractivity contribution in [2.75, 3.05) is 20.2 Å². The van der Waals surface area contributed by atoms with Crippen molar-refractivity contribution in [1.82, 2.24) is 14.7 Å². The van der Waals surface area contributed by atoms with E-state index in [2.05, 4.69) is 22.1 Å². The molecule has 0 saturated heterocycles. The topological polar surface area (TPSA) is 93.7 Å². The van der Waals surface area contributed by atoms with Crippen molar-refractivity contribution >= 4 is 5.69 Å². The molecule has 0 amide bonds. The van der Waals surface area contributed by atoms with E-state index in [-0.39, 0.29) is 12.2 Å². The first-order valence-corrected chi connectivity index (χ1v) is 8.28. The number of benzene rings is 1. The zero-order valence-electron chi connectivity index (χ0n) is 14.2. The van der Waals surface area contributed by atoms with E-state index in [9.17, 15) is 15.2 Å². The van der Waals surface area contributed by atoms with Crippen LogP contribution in [-0.4, -0.2) is 51.0 Å². The minimum Gasteiger partial charge on any atom is -0.497 e. The van der Waals surface area contributed by atoms with Gasteiger partial charge in [-0.1, -0.05) is 6.07 Å². The molecule has 0 bridgehead atoms. The molecule has 0 radical (unpaired) electrons. The summed E-state index contributed by atoms with van der Waals surface area (Å²) in [7, 11) is 1.67. The van der Waals surface area contributed by atoms with Crippen LogP contribution in [0.3, 0.4) is 0 Å². The van der Waals surface area contributed by atoms with E-state index in [1.165, 1.54) is 28.2 Å². The van der Waals surface area contributed by atoms with Gasteiger partial charge in [0.2, 0.25) is 0 Å². The summed E-state index contributed by atoms with van der Waals surface area (Å²) in [6.07, 6.45) is 3.90. The SMILES string of the molecule is COc1ccc2c(c1)CCCN(C[C@H](O)Cn1cc([N+](=O)[O-])cn1)C2. The highest BCUT2D eigenvalue weighted by molar-refractivity contribution is 5.36. The van der Waals surface area contributed by atoms with Crippen molar-refractivity contribution in [2.45, 2.75) is 32.0 Å². The van der Waals surface area contributed by atoms with E-state index >= 15 is 0 Å². The number of aliphatic hydroxyl groups is 1. The molecule has 1 aliphatic rings. The van der Waals surface area contributed by atoms with Crippen LogP contribution < -0.4 is 4.74 Å². The van der Waals surface area contributed by atoms with Gasteiger partial charge in [0.05, 0.1) is 24.7 Å². The Hall–Kier alpha value is -2.45. The van der Waals surface area contributed by atoms with Crippen molar-refractivity contribution < 1.29 is 14.8 Å². The number of nitro groups is 1. The number of rotatable bonds is 6. The van der Waals surface area contributed by atoms with Gasteiger partial charge in [0, 0.05) is 13.1 Å². The summed E-state index contributed by atoms with van der Waals surface area (Å²) in [5, 5.41) is 24.9. The van der Waals surface area contributed by atoms with Gasteiger partial charge < -0.3 is 9.84 Å². The highest BCUT2D eigenvalue weighted by Crippen LogP contribution is 2.23. The number of hydrogen-bond acceptors (Lipinski definition) is 6. The lowest BCUT2D eigenvalue weighted by Crippen LogP contribution is -2.34. The number of ether oxygens (including phenoxy) is 1. The van der Waals surface area contributed by atoms with Gasteiger partial charge in [-0.3, -0.25) is 19.7 Å². The van der Waals surface area contributed by atoms with Crippen LogP contribution >= 0.6 is 0 Å². The highest BCUT2D eigenvalue weighted by Gasteiger charge is 2.19. The molecule has 0 aliphatic carbocycles. The van der Waals surface area contributed by atoms with Gasteiger partial charge in [-0.2, -0.15) is 5.10 Å². The van der Waals surface area contributed by atoms with Crippen molar-refractivity contribution in [3.8, 4) is 5.75 Å². The second kappa shape index (κ2) is 7.62. The molecule has 8 nitrogen and oxygen atoms in total. The summed E-state index contributed by atoms with van der Waals surface area (Å²) in [6, 6.07) is 6.12. The first-order chi connectivity index (χ1) is 12.0. The smallest absolute Gasteiger partial charge is 0.306 e. The van der Waals surface area contributed by atoms with Gasteiger partial charge in [0.15, 0.2) is 0 Å². The Bertz CT molecular complexity index is 746. The summed E-state index contributed by atoms with van der Waals surface area (Å²) in [4.78, 5) is 12.4. The van der Waals surface area contributed by atoms with Crippen LogP contribution in [0.2, 0.25) is 0 Å². The fourth-order valence-corrected chi connectivity index (χ4v) is 3.20. The summed E-state index contributed by atoms with van der Waals surface area (Å²) in [6.45, 7) is 2.40. The fourth-order valence-electron chi connectivity index (χ4n) is 3.20. The average molecular weight is 346 g/mol. The van der Waals surface area contributed by atoms with Gasteiger partial charge in [0.1, 0.15) is 18.1 Å². The van der Waals surface area contributed by atoms with E-state index < -0.39 is 11.0 Å². The van der Waals surface area contributed by atoms with Crippen LogP contribution in [0.25, 0.3) is 0 Å². The van der Waals surface area contributed by atoms with E-state index in [4.69, 9.17) is 4.74 Å². The third-order valence-electron chi connectivity index (χ3n) is 4.43. The Morgan fingerprint density at radius 3 is 2.96 bits per heavy atom. The van der Waals surface area contributed by atoms with Crippen LogP contribution in [0.4, 0.5) is 5.69 Å². The van der Waals surface area contributed by atoms with Gasteiger partial charge in [-0.25, -0.2) is 0 Å². The predicted octanol–water partition coefficient (Wildman–Crippen LogP) is 1.61. The number of aryl methyl sites for hydroxylation is 1. The highest BCUT2D eigenvalue weighted by atomic mass is 16.6. The van der Waals surface area contributed by atoms with Crippen LogP contribution in [0.5, 0.6) is 5.75 Å². The molecule has 1 aliphatic heterocycles. The quantitative estimate of drug-likeness (QED) is 0.631. The Morgan fingerprint density at radius 2 is 2.24 bits per heavy atom. The molecule has 25 heavy (non-hydrogen) atoms. The van der Waals surface area contributed by atoms with Gasteiger partial charge in [-0.05, 0) is 42.6 Å². The molecule has 3 rings (SSSR count). The molecule has 2 heterocycles. The second-order valence-electron chi connectivity index (χ2n) is 6.30. The zero-order valence-corrected chi connectivity index (χ0v) is 14.2. The number of hydrogen-bond donors (Lipinski definition) is 1. The second-order valence-corrected chi connectivity index (χ2v) is 6.30. The molecule has 8 heteroatoms. The molecule has 1 N–H and O–H groups in total. The van der Waals surface area contributed by atoms with Crippen LogP contribution in [0.15, 0.2) is 30.6 Å². The minimum atomic E-state index is -0.640. The third-order valence-corrected chi connectivity index (χ3v) is 4.43. The molecule has 0 spiro atoms. The van der Waals surface area contributed by atoms with E-state index in [1.54, 1.807) is 7.11 Å². The summed E-state index contributed by atoms with van der Waals surface area (Å²) in [5.41, 5.74) is 2.48. The van der Waals surface area contributed by atoms with Crippen molar-refractivity contribution in [3.63, 3.8) is 0 Å². The first-order valence-electron chi connectivity index (χ1n) is 8.28. The number of nitrogens with zero attached hydrogens (tertiary/aromatic N) is 4. The molecule has 1 atom stereocenters. The number of methoxy groups -OCH3 is 1. The van der Waals surface area contributed by atoms with Crippen LogP contribution in [0.1, 0.15) is 17.5 Å². The summed E-state index contributed by atoms with van der Waals surface area (Å²) >= 11 is 0. The average Bonchev–Trinajstić information content (AvgIpc) is 2.95. The van der Waals surface area contributed by atoms with E-state index in [0.717, 1.165) is 31.7 Å². The summed E-state index contributed by atoms with van der Waals surface area (Å²) < 4.78 is 6.70. The molecule has 0 unspecified atom stereocenters. The van der Waals surface area contributed by atoms with Gasteiger partial charge >= 0.3 is 5.69 Å². The molecular weight excluding hydrogens is 324 g/mol. The molecule has 134 valence electrons. The van der Waals surface area contributed by atoms with Crippen molar-refractivity contribution in [1.29, 1.82) is 0 Å². The van der Waals surface area contributed by atoms with Gasteiger partial charge in [-0.15, -0.1) is 0 Å². The molecule has 1 aromatic carbocycles. The molecule has 0 fully saturated rings. The first kappa shape index (κ1) is 17.4. The van der Waals surface area contributed by atoms with Crippen LogP contribution in [0, 0.1) is 10.1 Å². The fraction of sp³-hybridized carbons (Fsp3) is 0.471. The largest absolute Gasteiger partial charge is 0.497 e. The lowest BCUT2D eigenvalue weighted by molar-refractivity contribution is -0.385. The zero-order chi connectivity index (χ0) is 17.8. The monoisotopic (exact) mass is 346 g/mol. The number of fused-ring (bicyclic) bond motifs is 1. The van der Waals surface area contributed by atoms with Crippen molar-refractivity contribution in [2.24, 2.45) is 0 Å². The Balaban J connectivity index is 1.60. The molecule has 1 aromatic heterocycles. The normalized spacial score (nSPS) is 16.1. The third kappa shape index (κ3) is 4.34. The lowest BCUT2D eigenvalue weighted by Gasteiger charge is -2.23. The Morgan fingerprint density at radius 1 is 1.40 bits per heavy atom. The summed E-state index contributed by atoms with van der Waals surface area (Å²) in [5.74, 6) is 0.868. The number of β-amino-alcohol motifs (C(OH)–C–C–N with tert-alkyl or cyclic N) is 1. The minimum absolute atomic E-state index is 0.0650. The van der Waals surface area contributed by atoms with Crippen LogP contribution in [-0.2, 0) is 19.5 Å². The van der Waals surface area contributed by atoms with E-state index in [1.807, 2.05) is 6.07 Å². The Labute approximate surface area is 145 Å². The van der Waals surface area contributed by atoms with Crippen molar-refractivity contribution in [3.05, 3.63) is 51.8 Å². The molecular formula is C17H22N4O4. The number of aliphatic hydroxyl groups excluding tert-OH is 1. The maximum Gasteiger partial charge on any atom is 0.306 e. The number of aromatic nitrogens is 2. The Kier molecular flexibility index (Phi) is 5.30. The van der Waals surface area contributed by atoms with E-state index in [0.29, 0.717) is 6.54 Å². The predicted molar refractivity (Wildman–Crippen MR) is 91.5 cm³/mol.